The molecule has 0 aliphatic rings. The Bertz CT molecular complexity index is 739. The van der Waals surface area contributed by atoms with Gasteiger partial charge in [0.15, 0.2) is 5.03 Å². The molecule has 12 nitrogen and oxygen atoms in total. The van der Waals surface area contributed by atoms with E-state index in [0.29, 0.717) is 13.0 Å². The van der Waals surface area contributed by atoms with E-state index in [9.17, 15) is 20.2 Å². The number of aryl methyl sites for hydroxylation is 1. The van der Waals surface area contributed by atoms with Crippen LogP contribution in [0.3, 0.4) is 0 Å². The molecule has 2 rings (SSSR count). The van der Waals surface area contributed by atoms with Crippen molar-refractivity contribution in [1.29, 1.82) is 0 Å². The van der Waals surface area contributed by atoms with Crippen molar-refractivity contribution in [3.63, 3.8) is 0 Å². The maximum absolute atomic E-state index is 9.84. The van der Waals surface area contributed by atoms with Crippen LogP contribution in [-0.2, 0) is 9.57 Å². The van der Waals surface area contributed by atoms with Gasteiger partial charge in [0.1, 0.15) is 0 Å². The van der Waals surface area contributed by atoms with Gasteiger partial charge in [0.05, 0.1) is 13.2 Å². The number of hydrogen-bond donors (Lipinski definition) is 2. The lowest BCUT2D eigenvalue weighted by atomic mass is 10.2. The van der Waals surface area contributed by atoms with Crippen LogP contribution in [0.2, 0.25) is 0 Å². The van der Waals surface area contributed by atoms with Gasteiger partial charge in [-0.05, 0) is 75.3 Å². The number of anilines is 1. The van der Waals surface area contributed by atoms with Crippen LogP contribution < -0.4 is 10.7 Å². The SMILES string of the molecule is COCCCCCN[N+](=O)[O-].Cc1ccncc1.O=[N+]([O-])OCCCCCNc1ccncc1. The molecule has 2 aromatic heterocycles. The maximum Gasteiger partial charge on any atom is 0.294 e. The van der Waals surface area contributed by atoms with E-state index in [1.807, 2.05) is 31.2 Å². The fourth-order valence-electron chi connectivity index (χ4n) is 2.39. The molecule has 0 unspecified atom stereocenters. The first-order valence-electron chi connectivity index (χ1n) is 11.1. The van der Waals surface area contributed by atoms with E-state index < -0.39 is 10.1 Å². The fourth-order valence-corrected chi connectivity index (χ4v) is 2.39. The number of hydrazine groups is 1. The van der Waals surface area contributed by atoms with E-state index in [4.69, 9.17) is 4.74 Å². The highest BCUT2D eigenvalue weighted by Crippen LogP contribution is 2.04. The molecule has 0 aliphatic heterocycles. The quantitative estimate of drug-likeness (QED) is 0.218. The zero-order valence-electron chi connectivity index (χ0n) is 19.9. The summed E-state index contributed by atoms with van der Waals surface area (Å²) in [5.74, 6) is 0. The van der Waals surface area contributed by atoms with Crippen LogP contribution in [0.25, 0.3) is 0 Å². The molecule has 12 heteroatoms. The molecular formula is C22H36N6O6. The van der Waals surface area contributed by atoms with Crippen LogP contribution in [0.1, 0.15) is 44.1 Å². The summed E-state index contributed by atoms with van der Waals surface area (Å²) in [6.45, 7) is 4.25. The second-order valence-corrected chi connectivity index (χ2v) is 7.02. The molecule has 0 aromatic carbocycles. The van der Waals surface area contributed by atoms with Crippen molar-refractivity contribution in [3.05, 3.63) is 74.8 Å². The molecule has 0 amide bonds. The predicted molar refractivity (Wildman–Crippen MR) is 129 cm³/mol. The van der Waals surface area contributed by atoms with Gasteiger partial charge in [-0.3, -0.25) is 9.97 Å². The highest BCUT2D eigenvalue weighted by molar-refractivity contribution is 5.40. The summed E-state index contributed by atoms with van der Waals surface area (Å²) in [5, 5.41) is 21.6. The van der Waals surface area contributed by atoms with Crippen LogP contribution >= 0.6 is 0 Å². The zero-order valence-corrected chi connectivity index (χ0v) is 19.9. The number of nitrogens with one attached hydrogen (secondary N) is 2. The summed E-state index contributed by atoms with van der Waals surface area (Å²) >= 11 is 0. The number of nitro groups is 1. The van der Waals surface area contributed by atoms with Crippen molar-refractivity contribution in [3.8, 4) is 0 Å². The predicted octanol–water partition coefficient (Wildman–Crippen LogP) is 3.85. The first kappa shape index (κ1) is 30.5. The molecule has 0 atom stereocenters. The van der Waals surface area contributed by atoms with Gasteiger partial charge in [-0.25, -0.2) is 10.1 Å². The number of rotatable bonds is 15. The van der Waals surface area contributed by atoms with Crippen molar-refractivity contribution in [2.24, 2.45) is 0 Å². The van der Waals surface area contributed by atoms with E-state index in [1.165, 1.54) is 5.56 Å². The van der Waals surface area contributed by atoms with Crippen LogP contribution in [-0.4, -0.2) is 53.5 Å². The van der Waals surface area contributed by atoms with Gasteiger partial charge in [-0.15, -0.1) is 15.5 Å². The average Bonchev–Trinajstić information content (AvgIpc) is 2.82. The Labute approximate surface area is 200 Å². The third kappa shape index (κ3) is 23.1. The number of hydrogen-bond acceptors (Lipinski definition) is 9. The van der Waals surface area contributed by atoms with Gasteiger partial charge in [0.2, 0.25) is 0 Å². The van der Waals surface area contributed by atoms with Crippen molar-refractivity contribution >= 4 is 5.69 Å². The number of ether oxygens (including phenoxy) is 1. The summed E-state index contributed by atoms with van der Waals surface area (Å²) in [6, 6.07) is 7.74. The highest BCUT2D eigenvalue weighted by Gasteiger charge is 1.95. The second kappa shape index (κ2) is 22.6. The largest absolute Gasteiger partial charge is 0.385 e. The summed E-state index contributed by atoms with van der Waals surface area (Å²) in [7, 11) is 1.65. The zero-order chi connectivity index (χ0) is 25.3. The summed E-state index contributed by atoms with van der Waals surface area (Å²) in [6.07, 6.45) is 12.4. The minimum Gasteiger partial charge on any atom is -0.385 e. The lowest BCUT2D eigenvalue weighted by Gasteiger charge is -2.05. The topological polar surface area (TPSA) is 155 Å². The van der Waals surface area contributed by atoms with Gasteiger partial charge in [-0.1, -0.05) is 0 Å². The minimum absolute atomic E-state index is 0.183. The molecule has 2 N–H and O–H groups in total. The van der Waals surface area contributed by atoms with Gasteiger partial charge in [0.25, 0.3) is 5.09 Å². The highest BCUT2D eigenvalue weighted by atomic mass is 16.9. The molecule has 0 aliphatic carbocycles. The molecule has 34 heavy (non-hydrogen) atoms. The van der Waals surface area contributed by atoms with Gasteiger partial charge < -0.3 is 14.9 Å². The number of methoxy groups -OCH3 is 1. The van der Waals surface area contributed by atoms with Crippen LogP contribution in [0.5, 0.6) is 0 Å². The summed E-state index contributed by atoms with van der Waals surface area (Å²) in [5.41, 5.74) is 4.40. The molecule has 190 valence electrons. The smallest absolute Gasteiger partial charge is 0.294 e. The average molecular weight is 481 g/mol. The lowest BCUT2D eigenvalue weighted by Crippen LogP contribution is -2.22. The van der Waals surface area contributed by atoms with Crippen LogP contribution in [0.4, 0.5) is 5.69 Å². The second-order valence-electron chi connectivity index (χ2n) is 7.02. The van der Waals surface area contributed by atoms with E-state index in [0.717, 1.165) is 50.9 Å². The van der Waals surface area contributed by atoms with Crippen LogP contribution in [0.15, 0.2) is 49.1 Å². The Balaban J connectivity index is 0.000000522. The fraction of sp³-hybridized carbons (Fsp3) is 0.545. The Kier molecular flexibility index (Phi) is 20.3. The number of aromatic nitrogens is 2. The van der Waals surface area contributed by atoms with Gasteiger partial charge >= 0.3 is 0 Å². The number of nitrogens with zero attached hydrogens (tertiary/aromatic N) is 4. The summed E-state index contributed by atoms with van der Waals surface area (Å²) in [4.78, 5) is 31.6. The normalized spacial score (nSPS) is 9.47. The molecule has 0 saturated heterocycles. The van der Waals surface area contributed by atoms with Gasteiger partial charge in [-0.2, -0.15) is 0 Å². The molecule has 2 heterocycles. The third-order valence-corrected chi connectivity index (χ3v) is 4.14. The monoisotopic (exact) mass is 480 g/mol. The van der Waals surface area contributed by atoms with E-state index in [-0.39, 0.29) is 6.61 Å². The Hall–Kier alpha value is -3.54. The third-order valence-electron chi connectivity index (χ3n) is 4.14. The van der Waals surface area contributed by atoms with Gasteiger partial charge in [0, 0.05) is 50.7 Å². The Morgan fingerprint density at radius 1 is 0.824 bits per heavy atom. The van der Waals surface area contributed by atoms with E-state index >= 15 is 0 Å². The summed E-state index contributed by atoms with van der Waals surface area (Å²) < 4.78 is 4.82. The lowest BCUT2D eigenvalue weighted by molar-refractivity contribution is -0.757. The molecule has 0 radical (unpaired) electrons. The molecule has 0 saturated carbocycles. The minimum atomic E-state index is -0.755. The number of pyridine rings is 2. The maximum atomic E-state index is 9.84. The Morgan fingerprint density at radius 2 is 1.38 bits per heavy atom. The standard InChI is InChI=1S/C10H15N3O3.C6H14N2O3.C6H7N/c14-13(15)16-9-3-1-2-6-12-10-4-7-11-8-5-10;1-11-6-4-2-3-5-7-8(9)10;1-6-2-4-7-5-3-6/h4-5,7-8H,1-3,6,9H2,(H,11,12);7H,2-6H2,1H3;2-5H,1H3. The molecule has 0 fully saturated rings. The molecule has 0 bridgehead atoms. The first-order chi connectivity index (χ1) is 16.5. The van der Waals surface area contributed by atoms with Crippen molar-refractivity contribution in [2.45, 2.75) is 45.4 Å². The van der Waals surface area contributed by atoms with Crippen molar-refractivity contribution in [1.82, 2.24) is 15.4 Å². The van der Waals surface area contributed by atoms with E-state index in [2.05, 4.69) is 25.5 Å². The Morgan fingerprint density at radius 3 is 1.88 bits per heavy atom. The molecule has 2 aromatic rings. The van der Waals surface area contributed by atoms with E-state index in [1.54, 1.807) is 31.9 Å². The molecular weight excluding hydrogens is 444 g/mol. The van der Waals surface area contributed by atoms with Crippen molar-refractivity contribution in [2.75, 3.05) is 38.7 Å². The molecule has 0 spiro atoms. The van der Waals surface area contributed by atoms with Crippen molar-refractivity contribution < 1.29 is 19.7 Å². The van der Waals surface area contributed by atoms with Crippen LogP contribution in [0, 0.1) is 27.2 Å². The number of unbranched alkanes of at least 4 members (excludes halogenated alkanes) is 4. The first-order valence-corrected chi connectivity index (χ1v) is 11.1.